The van der Waals surface area contributed by atoms with E-state index < -0.39 is 0 Å². The summed E-state index contributed by atoms with van der Waals surface area (Å²) in [5.74, 6) is 0.530. The molecule has 0 fully saturated rings. The summed E-state index contributed by atoms with van der Waals surface area (Å²) in [7, 11) is 0. The van der Waals surface area contributed by atoms with Crippen LogP contribution in [0.1, 0.15) is 6.92 Å². The van der Waals surface area contributed by atoms with Crippen molar-refractivity contribution in [2.24, 2.45) is 5.73 Å². The maximum absolute atomic E-state index is 10.8. The SMILES string of the molecule is CC(=O)Nc1ccccc1OCCN.Cl. The van der Waals surface area contributed by atoms with E-state index in [1.54, 1.807) is 12.1 Å². The molecule has 1 rings (SSSR count). The van der Waals surface area contributed by atoms with Crippen molar-refractivity contribution in [1.82, 2.24) is 0 Å². The maximum Gasteiger partial charge on any atom is 0.221 e. The molecule has 0 aliphatic heterocycles. The van der Waals surface area contributed by atoms with E-state index in [2.05, 4.69) is 5.32 Å². The summed E-state index contributed by atoms with van der Waals surface area (Å²) in [6, 6.07) is 7.26. The molecule has 0 unspecified atom stereocenters. The van der Waals surface area contributed by atoms with Crippen molar-refractivity contribution in [2.75, 3.05) is 18.5 Å². The second-order valence-electron chi connectivity index (χ2n) is 2.81. The molecule has 0 aromatic heterocycles. The van der Waals surface area contributed by atoms with Crippen LogP contribution in [0.15, 0.2) is 24.3 Å². The predicted molar refractivity (Wildman–Crippen MR) is 62.5 cm³/mol. The fourth-order valence-corrected chi connectivity index (χ4v) is 1.05. The second-order valence-corrected chi connectivity index (χ2v) is 2.81. The Bertz CT molecular complexity index is 318. The Morgan fingerprint density at radius 1 is 1.47 bits per heavy atom. The molecular weight excluding hydrogens is 216 g/mol. The van der Waals surface area contributed by atoms with E-state index in [-0.39, 0.29) is 18.3 Å². The van der Waals surface area contributed by atoms with Crippen molar-refractivity contribution < 1.29 is 9.53 Å². The van der Waals surface area contributed by atoms with Crippen LogP contribution in [-0.4, -0.2) is 19.1 Å². The first-order valence-electron chi connectivity index (χ1n) is 4.43. The Hall–Kier alpha value is -1.26. The quantitative estimate of drug-likeness (QED) is 0.822. The van der Waals surface area contributed by atoms with Crippen LogP contribution in [0.3, 0.4) is 0 Å². The Kier molecular flexibility index (Phi) is 6.49. The number of rotatable bonds is 4. The van der Waals surface area contributed by atoms with Crippen LogP contribution in [-0.2, 0) is 4.79 Å². The third-order valence-electron chi connectivity index (χ3n) is 1.57. The fraction of sp³-hybridized carbons (Fsp3) is 0.300. The summed E-state index contributed by atoms with van der Waals surface area (Å²) < 4.78 is 5.35. The second kappa shape index (κ2) is 7.09. The Labute approximate surface area is 95.2 Å². The van der Waals surface area contributed by atoms with E-state index in [4.69, 9.17) is 10.5 Å². The number of nitrogens with two attached hydrogens (primary N) is 1. The number of benzene rings is 1. The minimum absolute atomic E-state index is 0. The number of carbonyl (C=O) groups excluding carboxylic acids is 1. The Morgan fingerprint density at radius 2 is 2.13 bits per heavy atom. The monoisotopic (exact) mass is 230 g/mol. The molecule has 1 amide bonds. The first-order valence-corrected chi connectivity index (χ1v) is 4.43. The van der Waals surface area contributed by atoms with E-state index >= 15 is 0 Å². The molecule has 1 aromatic rings. The lowest BCUT2D eigenvalue weighted by Gasteiger charge is -2.10. The van der Waals surface area contributed by atoms with Crippen molar-refractivity contribution in [1.29, 1.82) is 0 Å². The molecule has 0 atom stereocenters. The number of halogens is 1. The van der Waals surface area contributed by atoms with Crippen molar-refractivity contribution in [3.05, 3.63) is 24.3 Å². The third-order valence-corrected chi connectivity index (χ3v) is 1.57. The molecule has 0 aliphatic carbocycles. The first-order chi connectivity index (χ1) is 6.74. The molecular formula is C10H15ClN2O2. The van der Waals surface area contributed by atoms with Gasteiger partial charge in [0.2, 0.25) is 5.91 Å². The van der Waals surface area contributed by atoms with Crippen LogP contribution in [0.2, 0.25) is 0 Å². The third kappa shape index (κ3) is 4.67. The molecule has 0 bridgehead atoms. The lowest BCUT2D eigenvalue weighted by atomic mass is 10.3. The molecule has 1 aromatic carbocycles. The molecule has 15 heavy (non-hydrogen) atoms. The molecule has 3 N–H and O–H groups in total. The fourth-order valence-electron chi connectivity index (χ4n) is 1.05. The van der Waals surface area contributed by atoms with Crippen molar-refractivity contribution in [2.45, 2.75) is 6.92 Å². The van der Waals surface area contributed by atoms with Crippen molar-refractivity contribution >= 4 is 24.0 Å². The van der Waals surface area contributed by atoms with Gasteiger partial charge in [-0.1, -0.05) is 12.1 Å². The van der Waals surface area contributed by atoms with E-state index in [9.17, 15) is 4.79 Å². The number of nitrogens with one attached hydrogen (secondary N) is 1. The first kappa shape index (κ1) is 13.7. The van der Waals surface area contributed by atoms with E-state index in [1.807, 2.05) is 12.1 Å². The summed E-state index contributed by atoms with van der Waals surface area (Å²) >= 11 is 0. The highest BCUT2D eigenvalue weighted by atomic mass is 35.5. The summed E-state index contributed by atoms with van der Waals surface area (Å²) in [4.78, 5) is 10.8. The highest BCUT2D eigenvalue weighted by Crippen LogP contribution is 2.23. The van der Waals surface area contributed by atoms with Crippen LogP contribution in [0.5, 0.6) is 5.75 Å². The topological polar surface area (TPSA) is 64.3 Å². The van der Waals surface area contributed by atoms with Gasteiger partial charge in [-0.15, -0.1) is 12.4 Å². The average Bonchev–Trinajstić information content (AvgIpc) is 2.16. The number of anilines is 1. The number of hydrogen-bond acceptors (Lipinski definition) is 3. The number of hydrogen-bond donors (Lipinski definition) is 2. The molecule has 84 valence electrons. The minimum atomic E-state index is -0.117. The normalized spacial score (nSPS) is 8.93. The van der Waals surface area contributed by atoms with Gasteiger partial charge in [0.15, 0.2) is 0 Å². The van der Waals surface area contributed by atoms with Gasteiger partial charge in [-0.25, -0.2) is 0 Å². The summed E-state index contributed by atoms with van der Waals surface area (Å²) in [5.41, 5.74) is 5.99. The average molecular weight is 231 g/mol. The summed E-state index contributed by atoms with van der Waals surface area (Å²) in [5, 5.41) is 2.68. The zero-order valence-corrected chi connectivity index (χ0v) is 9.34. The van der Waals surface area contributed by atoms with E-state index in [0.717, 1.165) is 0 Å². The molecule has 0 heterocycles. The van der Waals surface area contributed by atoms with Gasteiger partial charge in [0.05, 0.1) is 5.69 Å². The Morgan fingerprint density at radius 3 is 2.73 bits per heavy atom. The minimum Gasteiger partial charge on any atom is -0.490 e. The van der Waals surface area contributed by atoms with Gasteiger partial charge in [0.25, 0.3) is 0 Å². The van der Waals surface area contributed by atoms with Gasteiger partial charge in [-0.3, -0.25) is 4.79 Å². The number of ether oxygens (including phenoxy) is 1. The smallest absolute Gasteiger partial charge is 0.221 e. The van der Waals surface area contributed by atoms with E-state index in [1.165, 1.54) is 6.92 Å². The largest absolute Gasteiger partial charge is 0.490 e. The maximum atomic E-state index is 10.8. The van der Waals surface area contributed by atoms with Gasteiger partial charge in [0, 0.05) is 13.5 Å². The zero-order valence-electron chi connectivity index (χ0n) is 8.53. The predicted octanol–water partition coefficient (Wildman–Crippen LogP) is 1.40. The number of carbonyl (C=O) groups is 1. The van der Waals surface area contributed by atoms with E-state index in [0.29, 0.717) is 24.6 Å². The lowest BCUT2D eigenvalue weighted by Crippen LogP contribution is -2.13. The molecule has 0 spiro atoms. The number of amides is 1. The van der Waals surface area contributed by atoms with Crippen LogP contribution in [0, 0.1) is 0 Å². The van der Waals surface area contributed by atoms with Gasteiger partial charge in [-0.05, 0) is 12.1 Å². The molecule has 0 aliphatic rings. The van der Waals surface area contributed by atoms with Gasteiger partial charge >= 0.3 is 0 Å². The molecule has 0 saturated carbocycles. The van der Waals surface area contributed by atoms with Crippen LogP contribution >= 0.6 is 12.4 Å². The van der Waals surface area contributed by atoms with Gasteiger partial charge in [0.1, 0.15) is 12.4 Å². The standard InChI is InChI=1S/C10H14N2O2.ClH/c1-8(13)12-9-4-2-3-5-10(9)14-7-6-11;/h2-5H,6-7,11H2,1H3,(H,12,13);1H. The van der Waals surface area contributed by atoms with Crippen LogP contribution < -0.4 is 15.8 Å². The molecule has 5 heteroatoms. The van der Waals surface area contributed by atoms with Crippen molar-refractivity contribution in [3.8, 4) is 5.75 Å². The lowest BCUT2D eigenvalue weighted by molar-refractivity contribution is -0.114. The molecule has 0 radical (unpaired) electrons. The highest BCUT2D eigenvalue weighted by molar-refractivity contribution is 5.90. The number of para-hydroxylation sites is 2. The molecule has 0 saturated heterocycles. The zero-order chi connectivity index (χ0) is 10.4. The summed E-state index contributed by atoms with van der Waals surface area (Å²) in [6.07, 6.45) is 0. The van der Waals surface area contributed by atoms with Gasteiger partial charge < -0.3 is 15.8 Å². The van der Waals surface area contributed by atoms with Crippen molar-refractivity contribution in [3.63, 3.8) is 0 Å². The molecule has 4 nitrogen and oxygen atoms in total. The highest BCUT2D eigenvalue weighted by Gasteiger charge is 2.02. The summed E-state index contributed by atoms with van der Waals surface area (Å²) in [6.45, 7) is 2.35. The van der Waals surface area contributed by atoms with Crippen LogP contribution in [0.25, 0.3) is 0 Å². The van der Waals surface area contributed by atoms with Gasteiger partial charge in [-0.2, -0.15) is 0 Å². The van der Waals surface area contributed by atoms with Crippen LogP contribution in [0.4, 0.5) is 5.69 Å². The Balaban J connectivity index is 0.00000196.